The molecule has 2 unspecified atom stereocenters. The molecule has 0 spiro atoms. The minimum Gasteiger partial charge on any atom is -0.351 e. The molecule has 1 aromatic carbocycles. The van der Waals surface area contributed by atoms with Gasteiger partial charge in [-0.1, -0.05) is 30.3 Å². The lowest BCUT2D eigenvalue weighted by atomic mass is 10.1. The van der Waals surface area contributed by atoms with Crippen molar-refractivity contribution in [3.63, 3.8) is 0 Å². The minimum absolute atomic E-state index is 0. The molecule has 3 atom stereocenters. The van der Waals surface area contributed by atoms with Gasteiger partial charge in [-0.15, -0.1) is 12.4 Å². The Morgan fingerprint density at radius 2 is 2.14 bits per heavy atom. The first kappa shape index (κ1) is 17.3. The second-order valence-corrected chi connectivity index (χ2v) is 6.35. The molecule has 5 heteroatoms. The van der Waals surface area contributed by atoms with Gasteiger partial charge in [0.15, 0.2) is 0 Å². The lowest BCUT2D eigenvalue weighted by Crippen LogP contribution is -2.46. The predicted octanol–water partition coefficient (Wildman–Crippen LogP) is 1.94. The van der Waals surface area contributed by atoms with E-state index in [9.17, 15) is 4.79 Å². The Morgan fingerprint density at radius 1 is 1.36 bits per heavy atom. The number of halogens is 1. The molecule has 1 amide bonds. The normalized spacial score (nSPS) is 28.3. The van der Waals surface area contributed by atoms with Crippen molar-refractivity contribution in [2.24, 2.45) is 0 Å². The molecule has 1 aromatic rings. The third-order valence-corrected chi connectivity index (χ3v) is 4.66. The molecular formula is C17H26ClN3O. The Bertz CT molecular complexity index is 476. The average molecular weight is 324 g/mol. The molecule has 0 radical (unpaired) electrons. The molecule has 0 bridgehead atoms. The van der Waals surface area contributed by atoms with Crippen molar-refractivity contribution < 1.29 is 4.79 Å². The Balaban J connectivity index is 0.00000176. The highest BCUT2D eigenvalue weighted by atomic mass is 35.5. The molecule has 2 aliphatic heterocycles. The number of benzene rings is 1. The number of hydrogen-bond donors (Lipinski definition) is 2. The highest BCUT2D eigenvalue weighted by molar-refractivity contribution is 5.85. The van der Waals surface area contributed by atoms with Crippen LogP contribution in [-0.4, -0.2) is 42.0 Å². The molecule has 2 fully saturated rings. The average Bonchev–Trinajstić information content (AvgIpc) is 3.11. The van der Waals surface area contributed by atoms with Gasteiger partial charge in [0.1, 0.15) is 0 Å². The quantitative estimate of drug-likeness (QED) is 0.890. The molecule has 2 heterocycles. The van der Waals surface area contributed by atoms with Crippen LogP contribution in [0.4, 0.5) is 0 Å². The third-order valence-electron chi connectivity index (χ3n) is 4.66. The molecular weight excluding hydrogens is 298 g/mol. The SMILES string of the molecule is CC1CC(NC(=O)[C@@H]2CCCN2)CN1Cc1ccccc1.Cl. The minimum atomic E-state index is 0. The fourth-order valence-corrected chi connectivity index (χ4v) is 3.45. The molecule has 122 valence electrons. The number of hydrogen-bond acceptors (Lipinski definition) is 3. The van der Waals surface area contributed by atoms with Gasteiger partial charge >= 0.3 is 0 Å². The van der Waals surface area contributed by atoms with Gasteiger partial charge in [0, 0.05) is 25.2 Å². The first-order valence-corrected chi connectivity index (χ1v) is 8.04. The van der Waals surface area contributed by atoms with Gasteiger partial charge in [-0.05, 0) is 38.3 Å². The summed E-state index contributed by atoms with van der Waals surface area (Å²) in [5, 5.41) is 6.49. The highest BCUT2D eigenvalue weighted by Gasteiger charge is 2.32. The standard InChI is InChI=1S/C17H25N3O.ClH/c1-13-10-15(19-17(21)16-8-5-9-18-16)12-20(13)11-14-6-3-2-4-7-14;/h2-4,6-7,13,15-16,18H,5,8-12H2,1H3,(H,19,21);1H/t13?,15?,16-;/m0./s1. The van der Waals surface area contributed by atoms with Crippen LogP contribution in [0.1, 0.15) is 31.7 Å². The van der Waals surface area contributed by atoms with Gasteiger partial charge in [0.05, 0.1) is 6.04 Å². The number of carbonyl (C=O) groups excluding carboxylic acids is 1. The largest absolute Gasteiger partial charge is 0.351 e. The van der Waals surface area contributed by atoms with Crippen LogP contribution in [0, 0.1) is 0 Å². The van der Waals surface area contributed by atoms with Crippen LogP contribution in [0.5, 0.6) is 0 Å². The zero-order valence-corrected chi connectivity index (χ0v) is 13.9. The van der Waals surface area contributed by atoms with E-state index in [0.717, 1.165) is 38.9 Å². The molecule has 4 nitrogen and oxygen atoms in total. The van der Waals surface area contributed by atoms with Crippen LogP contribution in [0.25, 0.3) is 0 Å². The Kier molecular flexibility index (Phi) is 6.24. The summed E-state index contributed by atoms with van der Waals surface area (Å²) in [6.07, 6.45) is 3.13. The number of likely N-dealkylation sites (tertiary alicyclic amines) is 1. The summed E-state index contributed by atoms with van der Waals surface area (Å²) in [6, 6.07) is 11.4. The smallest absolute Gasteiger partial charge is 0.237 e. The zero-order chi connectivity index (χ0) is 14.7. The van der Waals surface area contributed by atoms with Crippen molar-refractivity contribution in [3.05, 3.63) is 35.9 Å². The maximum absolute atomic E-state index is 12.2. The van der Waals surface area contributed by atoms with Crippen molar-refractivity contribution in [1.82, 2.24) is 15.5 Å². The molecule has 2 saturated heterocycles. The predicted molar refractivity (Wildman–Crippen MR) is 91.1 cm³/mol. The van der Waals surface area contributed by atoms with E-state index in [1.54, 1.807) is 0 Å². The van der Waals surface area contributed by atoms with Crippen molar-refractivity contribution in [2.45, 2.75) is 50.9 Å². The summed E-state index contributed by atoms with van der Waals surface area (Å²) >= 11 is 0. The molecule has 2 N–H and O–H groups in total. The summed E-state index contributed by atoms with van der Waals surface area (Å²) in [5.41, 5.74) is 1.34. The molecule has 0 aliphatic carbocycles. The van der Waals surface area contributed by atoms with E-state index >= 15 is 0 Å². The van der Waals surface area contributed by atoms with Crippen molar-refractivity contribution in [3.8, 4) is 0 Å². The summed E-state index contributed by atoms with van der Waals surface area (Å²) in [7, 11) is 0. The first-order valence-electron chi connectivity index (χ1n) is 8.04. The number of rotatable bonds is 4. The second-order valence-electron chi connectivity index (χ2n) is 6.35. The summed E-state index contributed by atoms with van der Waals surface area (Å²) in [6.45, 7) is 5.15. The molecule has 22 heavy (non-hydrogen) atoms. The van der Waals surface area contributed by atoms with E-state index in [1.807, 2.05) is 0 Å². The lowest BCUT2D eigenvalue weighted by Gasteiger charge is -2.21. The Labute approximate surface area is 139 Å². The van der Waals surface area contributed by atoms with E-state index in [-0.39, 0.29) is 24.4 Å². The third kappa shape index (κ3) is 4.22. The van der Waals surface area contributed by atoms with Crippen LogP contribution >= 0.6 is 12.4 Å². The van der Waals surface area contributed by atoms with Gasteiger partial charge in [-0.25, -0.2) is 0 Å². The van der Waals surface area contributed by atoms with Crippen molar-refractivity contribution in [2.75, 3.05) is 13.1 Å². The lowest BCUT2D eigenvalue weighted by molar-refractivity contribution is -0.123. The van der Waals surface area contributed by atoms with Crippen molar-refractivity contribution in [1.29, 1.82) is 0 Å². The van der Waals surface area contributed by atoms with Gasteiger partial charge in [0.25, 0.3) is 0 Å². The van der Waals surface area contributed by atoms with Crippen LogP contribution < -0.4 is 10.6 Å². The van der Waals surface area contributed by atoms with E-state index in [1.165, 1.54) is 5.56 Å². The summed E-state index contributed by atoms with van der Waals surface area (Å²) < 4.78 is 0. The van der Waals surface area contributed by atoms with Crippen molar-refractivity contribution >= 4 is 18.3 Å². The maximum Gasteiger partial charge on any atom is 0.237 e. The van der Waals surface area contributed by atoms with E-state index < -0.39 is 0 Å². The van der Waals surface area contributed by atoms with Gasteiger partial charge in [-0.3, -0.25) is 9.69 Å². The molecule has 0 aromatic heterocycles. The topological polar surface area (TPSA) is 44.4 Å². The highest BCUT2D eigenvalue weighted by Crippen LogP contribution is 2.20. The van der Waals surface area contributed by atoms with Gasteiger partial charge in [0.2, 0.25) is 5.91 Å². The molecule has 2 aliphatic rings. The maximum atomic E-state index is 12.2. The van der Waals surface area contributed by atoms with E-state index in [4.69, 9.17) is 0 Å². The number of nitrogens with one attached hydrogen (secondary N) is 2. The fourth-order valence-electron chi connectivity index (χ4n) is 3.45. The summed E-state index contributed by atoms with van der Waals surface area (Å²) in [5.74, 6) is 0.186. The number of nitrogens with zero attached hydrogens (tertiary/aromatic N) is 1. The number of amides is 1. The second kappa shape index (κ2) is 7.95. The zero-order valence-electron chi connectivity index (χ0n) is 13.1. The van der Waals surface area contributed by atoms with Crippen LogP contribution in [-0.2, 0) is 11.3 Å². The van der Waals surface area contributed by atoms with Gasteiger partial charge < -0.3 is 10.6 Å². The van der Waals surface area contributed by atoms with E-state index in [0.29, 0.717) is 12.1 Å². The first-order chi connectivity index (χ1) is 10.2. The van der Waals surface area contributed by atoms with Crippen LogP contribution in [0.2, 0.25) is 0 Å². The molecule has 0 saturated carbocycles. The fraction of sp³-hybridized carbons (Fsp3) is 0.588. The molecule has 3 rings (SSSR count). The number of carbonyl (C=O) groups is 1. The van der Waals surface area contributed by atoms with Crippen LogP contribution in [0.3, 0.4) is 0 Å². The van der Waals surface area contributed by atoms with E-state index in [2.05, 4.69) is 52.8 Å². The van der Waals surface area contributed by atoms with Crippen LogP contribution in [0.15, 0.2) is 30.3 Å². The Hall–Kier alpha value is -1.10. The van der Waals surface area contributed by atoms with Gasteiger partial charge in [-0.2, -0.15) is 0 Å². The Morgan fingerprint density at radius 3 is 2.82 bits per heavy atom. The summed E-state index contributed by atoms with van der Waals surface area (Å²) in [4.78, 5) is 14.6. The monoisotopic (exact) mass is 323 g/mol.